The van der Waals surface area contributed by atoms with Gasteiger partial charge in [-0.15, -0.1) is 0 Å². The van der Waals surface area contributed by atoms with Crippen LogP contribution in [0.15, 0.2) is 0 Å². The number of hydrogen-bond acceptors (Lipinski definition) is 2. The summed E-state index contributed by atoms with van der Waals surface area (Å²) in [6.45, 7) is 2.06. The molecule has 1 saturated heterocycles. The Hall–Kier alpha value is -0.513. The number of carbonyl (C=O) groups excluding carboxylic acids is 1. The van der Waals surface area contributed by atoms with Gasteiger partial charge in [-0.25, -0.2) is 4.79 Å². The minimum absolute atomic E-state index is 0.356. The SMILES string of the molecule is C1CC[SiH2]CC1.CCOC(N)=O. The average Bonchev–Trinajstić information content (AvgIpc) is 2.08. The zero-order valence-electron chi connectivity index (χ0n) is 7.84. The highest BCUT2D eigenvalue weighted by Crippen LogP contribution is 2.10. The van der Waals surface area contributed by atoms with Crippen LogP contribution in [-0.2, 0) is 4.74 Å². The van der Waals surface area contributed by atoms with Gasteiger partial charge in [0.25, 0.3) is 0 Å². The molecule has 0 saturated carbocycles. The highest BCUT2D eigenvalue weighted by molar-refractivity contribution is 6.35. The van der Waals surface area contributed by atoms with Crippen molar-refractivity contribution in [3.05, 3.63) is 0 Å². The van der Waals surface area contributed by atoms with E-state index in [9.17, 15) is 4.79 Å². The van der Waals surface area contributed by atoms with Crippen molar-refractivity contribution in [2.45, 2.75) is 38.3 Å². The van der Waals surface area contributed by atoms with Crippen LogP contribution < -0.4 is 5.73 Å². The molecule has 0 atom stereocenters. The molecule has 0 bridgehead atoms. The molecule has 4 heteroatoms. The Morgan fingerprint density at radius 2 is 2.00 bits per heavy atom. The van der Waals surface area contributed by atoms with E-state index in [0.717, 1.165) is 0 Å². The van der Waals surface area contributed by atoms with E-state index in [1.807, 2.05) is 0 Å². The van der Waals surface area contributed by atoms with Crippen LogP contribution in [0, 0.1) is 0 Å². The Kier molecular flexibility index (Phi) is 8.22. The van der Waals surface area contributed by atoms with Crippen LogP contribution in [0.3, 0.4) is 0 Å². The minimum atomic E-state index is -0.711. The van der Waals surface area contributed by atoms with E-state index in [4.69, 9.17) is 0 Å². The van der Waals surface area contributed by atoms with Crippen LogP contribution in [0.25, 0.3) is 0 Å². The lowest BCUT2D eigenvalue weighted by atomic mass is 10.3. The maximum atomic E-state index is 9.60. The Morgan fingerprint density at radius 3 is 2.08 bits per heavy atom. The second-order valence-corrected chi connectivity index (χ2v) is 4.99. The topological polar surface area (TPSA) is 52.3 Å². The number of primary amides is 1. The number of carbonyl (C=O) groups is 1. The molecule has 12 heavy (non-hydrogen) atoms. The number of nitrogens with two attached hydrogens (primary N) is 1. The molecule has 0 spiro atoms. The lowest BCUT2D eigenvalue weighted by Gasteiger charge is -2.04. The smallest absolute Gasteiger partial charge is 0.404 e. The first-order chi connectivity index (χ1) is 5.77. The third kappa shape index (κ3) is 9.49. The van der Waals surface area contributed by atoms with Gasteiger partial charge in [0, 0.05) is 9.52 Å². The molecule has 1 aliphatic rings. The summed E-state index contributed by atoms with van der Waals surface area (Å²) in [4.78, 5) is 9.60. The molecule has 2 N–H and O–H groups in total. The van der Waals surface area contributed by atoms with Gasteiger partial charge in [-0.2, -0.15) is 0 Å². The van der Waals surface area contributed by atoms with Gasteiger partial charge in [-0.3, -0.25) is 0 Å². The Labute approximate surface area is 76.5 Å². The zero-order chi connectivity index (χ0) is 9.23. The maximum Gasteiger partial charge on any atom is 0.404 e. The van der Waals surface area contributed by atoms with Gasteiger partial charge in [0.2, 0.25) is 0 Å². The molecule has 1 rings (SSSR count). The van der Waals surface area contributed by atoms with Crippen molar-refractivity contribution in [3.63, 3.8) is 0 Å². The highest BCUT2D eigenvalue weighted by atomic mass is 28.2. The molecule has 72 valence electrons. The van der Waals surface area contributed by atoms with Crippen molar-refractivity contribution in [2.24, 2.45) is 5.73 Å². The molecule has 0 aromatic carbocycles. The largest absolute Gasteiger partial charge is 0.450 e. The summed E-state index contributed by atoms with van der Waals surface area (Å²) in [6.07, 6.45) is 3.95. The van der Waals surface area contributed by atoms with Crippen molar-refractivity contribution in [2.75, 3.05) is 6.61 Å². The molecule has 1 amide bonds. The Bertz CT molecular complexity index is 104. The van der Waals surface area contributed by atoms with Gasteiger partial charge >= 0.3 is 6.09 Å². The molecule has 1 aliphatic heterocycles. The predicted molar refractivity (Wildman–Crippen MR) is 53.2 cm³/mol. The Balaban J connectivity index is 0.000000202. The average molecular weight is 189 g/mol. The van der Waals surface area contributed by atoms with Crippen LogP contribution in [0.1, 0.15) is 26.2 Å². The van der Waals surface area contributed by atoms with Crippen LogP contribution in [0.5, 0.6) is 0 Å². The standard InChI is InChI=1S/C5H12Si.C3H7NO2/c1-2-4-6-5-3-1;1-2-6-3(4)5/h1-6H2;2H2,1H3,(H2,4,5). The maximum absolute atomic E-state index is 9.60. The normalized spacial score (nSPS) is 15.8. The first-order valence-corrected chi connectivity index (χ1v) is 6.69. The van der Waals surface area contributed by atoms with Crippen molar-refractivity contribution < 1.29 is 9.53 Å². The molecule has 1 fully saturated rings. The second-order valence-electron chi connectivity index (χ2n) is 2.87. The fourth-order valence-corrected chi connectivity index (χ4v) is 2.97. The van der Waals surface area contributed by atoms with E-state index in [-0.39, 0.29) is 0 Å². The van der Waals surface area contributed by atoms with Crippen molar-refractivity contribution in [1.29, 1.82) is 0 Å². The molecule has 1 heterocycles. The van der Waals surface area contributed by atoms with Gasteiger partial charge in [0.1, 0.15) is 0 Å². The summed E-state index contributed by atoms with van der Waals surface area (Å²) in [5.74, 6) is 0. The monoisotopic (exact) mass is 189 g/mol. The molecular formula is C8H19NO2Si. The summed E-state index contributed by atoms with van der Waals surface area (Å²) in [6, 6.07) is 3.28. The number of rotatable bonds is 1. The lowest BCUT2D eigenvalue weighted by molar-refractivity contribution is 0.163. The number of amides is 1. The van der Waals surface area contributed by atoms with Gasteiger partial charge in [0.15, 0.2) is 0 Å². The Morgan fingerprint density at radius 1 is 1.42 bits per heavy atom. The van der Waals surface area contributed by atoms with Crippen LogP contribution in [0.4, 0.5) is 4.79 Å². The predicted octanol–water partition coefficient (Wildman–Crippen LogP) is 1.28. The van der Waals surface area contributed by atoms with Crippen LogP contribution in [-0.4, -0.2) is 22.2 Å². The van der Waals surface area contributed by atoms with E-state index in [1.54, 1.807) is 31.9 Å². The molecule has 0 aromatic rings. The summed E-state index contributed by atoms with van der Waals surface area (Å²) in [7, 11) is 0.508. The fourth-order valence-electron chi connectivity index (χ4n) is 1.20. The summed E-state index contributed by atoms with van der Waals surface area (Å²) in [5.41, 5.74) is 4.54. The van der Waals surface area contributed by atoms with Crippen molar-refractivity contribution in [1.82, 2.24) is 0 Å². The third-order valence-electron chi connectivity index (χ3n) is 1.79. The minimum Gasteiger partial charge on any atom is -0.450 e. The first kappa shape index (κ1) is 11.5. The summed E-state index contributed by atoms with van der Waals surface area (Å²) < 4.78 is 4.18. The molecule has 0 aromatic heterocycles. The third-order valence-corrected chi connectivity index (χ3v) is 3.79. The quantitative estimate of drug-likeness (QED) is 0.632. The van der Waals surface area contributed by atoms with Gasteiger partial charge in [-0.1, -0.05) is 31.4 Å². The van der Waals surface area contributed by atoms with Crippen LogP contribution >= 0.6 is 0 Å². The molecule has 0 radical (unpaired) electrons. The number of hydrogen-bond donors (Lipinski definition) is 1. The van der Waals surface area contributed by atoms with E-state index >= 15 is 0 Å². The fraction of sp³-hybridized carbons (Fsp3) is 0.875. The van der Waals surface area contributed by atoms with E-state index in [2.05, 4.69) is 10.5 Å². The molecule has 3 nitrogen and oxygen atoms in total. The van der Waals surface area contributed by atoms with Crippen molar-refractivity contribution >= 4 is 15.6 Å². The van der Waals surface area contributed by atoms with E-state index in [0.29, 0.717) is 16.1 Å². The van der Waals surface area contributed by atoms with Gasteiger partial charge < -0.3 is 10.5 Å². The van der Waals surface area contributed by atoms with Crippen LogP contribution in [0.2, 0.25) is 12.1 Å². The lowest BCUT2D eigenvalue weighted by Crippen LogP contribution is -2.11. The van der Waals surface area contributed by atoms with Crippen molar-refractivity contribution in [3.8, 4) is 0 Å². The molecule has 0 aliphatic carbocycles. The number of ether oxygens (including phenoxy) is 1. The van der Waals surface area contributed by atoms with Gasteiger partial charge in [-0.05, 0) is 6.92 Å². The van der Waals surface area contributed by atoms with E-state index < -0.39 is 6.09 Å². The highest BCUT2D eigenvalue weighted by Gasteiger charge is 1.96. The first-order valence-electron chi connectivity index (χ1n) is 4.69. The molecule has 0 unspecified atom stereocenters. The summed E-state index contributed by atoms with van der Waals surface area (Å²) in [5, 5.41) is 0. The second kappa shape index (κ2) is 8.58. The summed E-state index contributed by atoms with van der Waals surface area (Å²) >= 11 is 0. The zero-order valence-corrected chi connectivity index (χ0v) is 9.26. The molecular weight excluding hydrogens is 170 g/mol. The van der Waals surface area contributed by atoms with Gasteiger partial charge in [0.05, 0.1) is 6.61 Å². The van der Waals surface area contributed by atoms with E-state index in [1.165, 1.54) is 6.42 Å².